The number of thioether (sulfide) groups is 1. The van der Waals surface area contributed by atoms with E-state index in [1.54, 1.807) is 41.7 Å². The molecule has 154 valence electrons. The van der Waals surface area contributed by atoms with Crippen LogP contribution < -0.4 is 10.6 Å². The molecule has 0 radical (unpaired) electrons. The summed E-state index contributed by atoms with van der Waals surface area (Å²) in [6.07, 6.45) is 0. The van der Waals surface area contributed by atoms with E-state index in [9.17, 15) is 13.8 Å². The van der Waals surface area contributed by atoms with Crippen LogP contribution in [0.5, 0.6) is 0 Å². The molecule has 3 rings (SSSR count). The Kier molecular flexibility index (Phi) is 6.68. The van der Waals surface area contributed by atoms with Gasteiger partial charge in [0.25, 0.3) is 5.91 Å². The van der Waals surface area contributed by atoms with Crippen molar-refractivity contribution in [1.82, 2.24) is 4.31 Å². The van der Waals surface area contributed by atoms with Crippen molar-refractivity contribution in [3.63, 3.8) is 0 Å². The third-order valence-electron chi connectivity index (χ3n) is 4.54. The summed E-state index contributed by atoms with van der Waals surface area (Å²) in [6.45, 7) is 5.73. The number of nitrogens with one attached hydrogen (secondary N) is 2. The number of carbonyl (C=O) groups is 2. The zero-order valence-electron chi connectivity index (χ0n) is 16.5. The van der Waals surface area contributed by atoms with Crippen LogP contribution >= 0.6 is 23.4 Å². The van der Waals surface area contributed by atoms with Gasteiger partial charge in [0.2, 0.25) is 5.91 Å². The molecule has 0 bridgehead atoms. The zero-order valence-corrected chi connectivity index (χ0v) is 18.9. The lowest BCUT2D eigenvalue weighted by molar-refractivity contribution is -0.115. The largest absolute Gasteiger partial charge is 0.324 e. The SMILES string of the molecule is CC1Sc2ccc(C(=O)Nc3ccc(S(=O)N(C)C(C)C)c(Cl)c3)cc2NC1=O. The van der Waals surface area contributed by atoms with Crippen molar-refractivity contribution in [3.05, 3.63) is 47.0 Å². The number of halogens is 1. The highest BCUT2D eigenvalue weighted by Crippen LogP contribution is 2.36. The quantitative estimate of drug-likeness (QED) is 0.706. The van der Waals surface area contributed by atoms with E-state index < -0.39 is 11.0 Å². The first-order chi connectivity index (χ1) is 13.7. The topological polar surface area (TPSA) is 78.5 Å². The molecule has 2 atom stereocenters. The third-order valence-corrected chi connectivity index (χ3v) is 7.82. The first-order valence-corrected chi connectivity index (χ1v) is 11.4. The Labute approximate surface area is 182 Å². The number of fused-ring (bicyclic) bond motifs is 1. The number of nitrogens with zero attached hydrogens (tertiary/aromatic N) is 1. The lowest BCUT2D eigenvalue weighted by Crippen LogP contribution is -2.28. The number of carbonyl (C=O) groups excluding carboxylic acids is 2. The molecule has 0 aromatic heterocycles. The zero-order chi connectivity index (χ0) is 21.3. The second-order valence-corrected chi connectivity index (χ2v) is 10.3. The van der Waals surface area contributed by atoms with E-state index in [-0.39, 0.29) is 23.1 Å². The van der Waals surface area contributed by atoms with Crippen LogP contribution in [0.4, 0.5) is 11.4 Å². The second kappa shape index (κ2) is 8.87. The van der Waals surface area contributed by atoms with E-state index in [2.05, 4.69) is 10.6 Å². The fraction of sp³-hybridized carbons (Fsp3) is 0.300. The number of amides is 2. The molecule has 2 amide bonds. The van der Waals surface area contributed by atoms with Crippen molar-refractivity contribution in [3.8, 4) is 0 Å². The molecule has 0 saturated carbocycles. The lowest BCUT2D eigenvalue weighted by Gasteiger charge is -2.22. The molecule has 1 heterocycles. The van der Waals surface area contributed by atoms with E-state index in [1.165, 1.54) is 11.8 Å². The minimum absolute atomic E-state index is 0.0817. The maximum Gasteiger partial charge on any atom is 0.255 e. The van der Waals surface area contributed by atoms with Crippen molar-refractivity contribution >= 4 is 57.5 Å². The average Bonchev–Trinajstić information content (AvgIpc) is 2.67. The van der Waals surface area contributed by atoms with Crippen LogP contribution in [0.2, 0.25) is 5.02 Å². The van der Waals surface area contributed by atoms with Crippen LogP contribution in [0.25, 0.3) is 0 Å². The van der Waals surface area contributed by atoms with Gasteiger partial charge >= 0.3 is 0 Å². The Hall–Kier alpha value is -1.87. The molecule has 0 aliphatic carbocycles. The molecule has 0 spiro atoms. The number of anilines is 2. The van der Waals surface area contributed by atoms with Gasteiger partial charge in [-0.3, -0.25) is 9.59 Å². The Balaban J connectivity index is 1.76. The standard InChI is InChI=1S/C20H22ClN3O3S2/c1-11(2)24(4)29(27)18-8-6-14(10-15(18)21)22-20(26)13-5-7-17-16(9-13)23-19(25)12(3)28-17/h5-12H,1-4H3,(H,22,26)(H,23,25). The highest BCUT2D eigenvalue weighted by Gasteiger charge is 2.24. The van der Waals surface area contributed by atoms with Gasteiger partial charge < -0.3 is 10.6 Å². The summed E-state index contributed by atoms with van der Waals surface area (Å²) in [6, 6.07) is 10.2. The molecule has 9 heteroatoms. The van der Waals surface area contributed by atoms with Crippen molar-refractivity contribution in [2.75, 3.05) is 17.7 Å². The van der Waals surface area contributed by atoms with E-state index in [4.69, 9.17) is 11.6 Å². The number of hydrogen-bond donors (Lipinski definition) is 2. The average molecular weight is 452 g/mol. The first-order valence-electron chi connectivity index (χ1n) is 9.04. The molecule has 2 aromatic carbocycles. The van der Waals surface area contributed by atoms with Gasteiger partial charge in [0.15, 0.2) is 0 Å². The summed E-state index contributed by atoms with van der Waals surface area (Å²) in [5.41, 5.74) is 1.55. The minimum Gasteiger partial charge on any atom is -0.324 e. The molecule has 2 unspecified atom stereocenters. The van der Waals surface area contributed by atoms with Crippen LogP contribution in [-0.2, 0) is 15.8 Å². The molecule has 0 fully saturated rings. The number of benzene rings is 2. The van der Waals surface area contributed by atoms with Crippen LogP contribution in [0.1, 0.15) is 31.1 Å². The maximum atomic E-state index is 12.6. The molecular weight excluding hydrogens is 430 g/mol. The molecule has 1 aliphatic rings. The van der Waals surface area contributed by atoms with Crippen molar-refractivity contribution in [2.45, 2.75) is 41.9 Å². The van der Waals surface area contributed by atoms with E-state index >= 15 is 0 Å². The summed E-state index contributed by atoms with van der Waals surface area (Å²) in [5, 5.41) is 5.76. The Morgan fingerprint density at radius 3 is 2.66 bits per heavy atom. The summed E-state index contributed by atoms with van der Waals surface area (Å²) < 4.78 is 14.3. The smallest absolute Gasteiger partial charge is 0.255 e. The Bertz CT molecular complexity index is 997. The van der Waals surface area contributed by atoms with E-state index in [0.29, 0.717) is 26.9 Å². The van der Waals surface area contributed by atoms with E-state index in [0.717, 1.165) is 4.90 Å². The van der Waals surface area contributed by atoms with Gasteiger partial charge in [0.1, 0.15) is 11.0 Å². The number of rotatable bonds is 5. The van der Waals surface area contributed by atoms with Gasteiger partial charge in [-0.25, -0.2) is 8.51 Å². The van der Waals surface area contributed by atoms with Crippen LogP contribution in [0.15, 0.2) is 46.2 Å². The van der Waals surface area contributed by atoms with Crippen LogP contribution in [0.3, 0.4) is 0 Å². The van der Waals surface area contributed by atoms with Crippen LogP contribution in [0, 0.1) is 0 Å². The summed E-state index contributed by atoms with van der Waals surface area (Å²) in [4.78, 5) is 25.9. The summed E-state index contributed by atoms with van der Waals surface area (Å²) in [7, 11) is 0.376. The summed E-state index contributed by atoms with van der Waals surface area (Å²) >= 11 is 7.77. The molecule has 1 aliphatic heterocycles. The van der Waals surface area contributed by atoms with Gasteiger partial charge in [-0.2, -0.15) is 0 Å². The van der Waals surface area contributed by atoms with Gasteiger partial charge in [-0.1, -0.05) is 11.6 Å². The molecule has 29 heavy (non-hydrogen) atoms. The molecule has 6 nitrogen and oxygen atoms in total. The van der Waals surface area contributed by atoms with Gasteiger partial charge in [-0.15, -0.1) is 11.8 Å². The maximum absolute atomic E-state index is 12.6. The highest BCUT2D eigenvalue weighted by atomic mass is 35.5. The van der Waals surface area contributed by atoms with E-state index in [1.807, 2.05) is 26.8 Å². The van der Waals surface area contributed by atoms with Gasteiger partial charge in [-0.05, 0) is 57.2 Å². The fourth-order valence-electron chi connectivity index (χ4n) is 2.62. The Morgan fingerprint density at radius 1 is 1.28 bits per heavy atom. The van der Waals surface area contributed by atoms with Crippen LogP contribution in [-0.4, -0.2) is 38.7 Å². The predicted octanol–water partition coefficient (Wildman–Crippen LogP) is 4.39. The lowest BCUT2D eigenvalue weighted by atomic mass is 10.1. The monoisotopic (exact) mass is 451 g/mol. The molecule has 0 saturated heterocycles. The molecule has 2 aromatic rings. The van der Waals surface area contributed by atoms with Gasteiger partial charge in [0.05, 0.1) is 20.9 Å². The normalized spacial score (nSPS) is 17.1. The summed E-state index contributed by atoms with van der Waals surface area (Å²) in [5.74, 6) is -0.406. The first kappa shape index (κ1) is 21.8. The van der Waals surface area contributed by atoms with Crippen molar-refractivity contribution in [1.29, 1.82) is 0 Å². The highest BCUT2D eigenvalue weighted by molar-refractivity contribution is 8.01. The Morgan fingerprint density at radius 2 is 2.00 bits per heavy atom. The molecule has 2 N–H and O–H groups in total. The number of hydrogen-bond acceptors (Lipinski definition) is 4. The van der Waals surface area contributed by atoms with Crippen molar-refractivity contribution < 1.29 is 13.8 Å². The van der Waals surface area contributed by atoms with Gasteiger partial charge in [0, 0.05) is 29.2 Å². The predicted molar refractivity (Wildman–Crippen MR) is 119 cm³/mol. The van der Waals surface area contributed by atoms with Crippen molar-refractivity contribution in [2.24, 2.45) is 0 Å². The third kappa shape index (κ3) is 4.83. The fourth-order valence-corrected chi connectivity index (χ4v) is 5.03. The minimum atomic E-state index is -1.39. The second-order valence-electron chi connectivity index (χ2n) is 6.95. The molecular formula is C20H22ClN3O3S2.